The Balaban J connectivity index is 3.21. The summed E-state index contributed by atoms with van der Waals surface area (Å²) in [5.74, 6) is -1.58. The van der Waals surface area contributed by atoms with Crippen molar-refractivity contribution < 1.29 is 47.6 Å². The van der Waals surface area contributed by atoms with E-state index in [9.17, 15) is 19.2 Å². The van der Waals surface area contributed by atoms with Gasteiger partial charge in [0.1, 0.15) is 5.54 Å². The lowest BCUT2D eigenvalue weighted by Crippen LogP contribution is -2.51. The number of benzene rings is 1. The van der Waals surface area contributed by atoms with E-state index in [2.05, 4.69) is 0 Å². The highest BCUT2D eigenvalue weighted by molar-refractivity contribution is 5.81. The van der Waals surface area contributed by atoms with Gasteiger partial charge < -0.3 is 34.2 Å². The normalized spacial score (nSPS) is 14.0. The highest BCUT2D eigenvalue weighted by atomic mass is 16.7. The number of carbonyl (C=O) groups excluding carboxylic acids is 4. The number of esters is 2. The monoisotopic (exact) mass is 581 g/mol. The van der Waals surface area contributed by atoms with E-state index in [0.29, 0.717) is 5.56 Å². The predicted molar refractivity (Wildman–Crippen MR) is 152 cm³/mol. The second-order valence-corrected chi connectivity index (χ2v) is 13.0. The summed E-state index contributed by atoms with van der Waals surface area (Å²) in [5, 5.41) is 0. The molecule has 0 heterocycles. The van der Waals surface area contributed by atoms with Gasteiger partial charge in [0.15, 0.2) is 11.5 Å². The minimum atomic E-state index is -1.58. The highest BCUT2D eigenvalue weighted by Crippen LogP contribution is 2.32. The second-order valence-electron chi connectivity index (χ2n) is 13.0. The van der Waals surface area contributed by atoms with Gasteiger partial charge in [-0.2, -0.15) is 0 Å². The summed E-state index contributed by atoms with van der Waals surface area (Å²) in [4.78, 5) is 49.7. The third-order valence-electron chi connectivity index (χ3n) is 5.92. The van der Waals surface area contributed by atoms with Crippen LogP contribution < -0.4 is 15.2 Å². The summed E-state index contributed by atoms with van der Waals surface area (Å²) in [6.07, 6.45) is -2.10. The first kappa shape index (κ1) is 35.7. The molecule has 232 valence electrons. The lowest BCUT2D eigenvalue weighted by molar-refractivity contribution is -0.153. The van der Waals surface area contributed by atoms with E-state index < -0.39 is 29.8 Å². The molecule has 1 rings (SSSR count). The largest absolute Gasteiger partial charge is 0.513 e. The molecule has 2 atom stereocenters. The van der Waals surface area contributed by atoms with Crippen molar-refractivity contribution in [3.8, 4) is 11.5 Å². The summed E-state index contributed by atoms with van der Waals surface area (Å²) in [6.45, 7) is 17.0. The Morgan fingerprint density at radius 2 is 1.32 bits per heavy atom. The molecule has 0 aromatic heterocycles. The Labute approximate surface area is 243 Å². The van der Waals surface area contributed by atoms with Crippen molar-refractivity contribution in [1.82, 2.24) is 0 Å². The smallest absolute Gasteiger partial charge is 0.468 e. The molecule has 0 aliphatic heterocycles. The molecule has 1 aromatic carbocycles. The lowest BCUT2D eigenvalue weighted by Gasteiger charge is -2.27. The molecule has 2 N–H and O–H groups in total. The van der Waals surface area contributed by atoms with E-state index in [4.69, 9.17) is 34.2 Å². The van der Waals surface area contributed by atoms with Crippen LogP contribution in [0.5, 0.6) is 11.5 Å². The average Bonchev–Trinajstić information content (AvgIpc) is 2.85. The van der Waals surface area contributed by atoms with Crippen molar-refractivity contribution in [1.29, 1.82) is 0 Å². The van der Waals surface area contributed by atoms with E-state index in [0.717, 1.165) is 0 Å². The zero-order chi connectivity index (χ0) is 31.6. The fourth-order valence-electron chi connectivity index (χ4n) is 3.18. The van der Waals surface area contributed by atoms with Crippen LogP contribution in [0.1, 0.15) is 74.3 Å². The number of methoxy groups -OCH3 is 1. The molecule has 0 aliphatic rings. The SMILES string of the molecule is COC(=O)C(N)(CCOC(=O)[C@@H](C)C(C)C)Cc1ccc(OC(=O)OCC(C)(C)C)c(OC(=O)OCC(C)(C)C)c1. The van der Waals surface area contributed by atoms with Gasteiger partial charge in [0.25, 0.3) is 0 Å². The summed E-state index contributed by atoms with van der Waals surface area (Å²) in [6, 6.07) is 4.35. The molecule has 0 bridgehead atoms. The van der Waals surface area contributed by atoms with E-state index in [-0.39, 0.29) is 66.8 Å². The van der Waals surface area contributed by atoms with Gasteiger partial charge in [0.2, 0.25) is 0 Å². The van der Waals surface area contributed by atoms with Crippen molar-refractivity contribution in [3.05, 3.63) is 23.8 Å². The van der Waals surface area contributed by atoms with Gasteiger partial charge >= 0.3 is 24.2 Å². The molecular formula is C30H47NO10. The van der Waals surface area contributed by atoms with Gasteiger partial charge in [-0.1, -0.05) is 68.4 Å². The molecule has 0 fully saturated rings. The fourth-order valence-corrected chi connectivity index (χ4v) is 3.18. The number of hydrogen-bond acceptors (Lipinski definition) is 11. The van der Waals surface area contributed by atoms with Gasteiger partial charge in [0, 0.05) is 12.8 Å². The zero-order valence-corrected chi connectivity index (χ0v) is 26.1. The third kappa shape index (κ3) is 13.2. The lowest BCUT2D eigenvalue weighted by atomic mass is 9.88. The summed E-state index contributed by atoms with van der Waals surface area (Å²) in [7, 11) is 1.21. The number of rotatable bonds is 12. The Kier molecular flexibility index (Phi) is 13.1. The van der Waals surface area contributed by atoms with Crippen molar-refractivity contribution in [2.45, 2.75) is 80.7 Å². The molecule has 0 spiro atoms. The molecule has 11 heteroatoms. The number of hydrogen-bond donors (Lipinski definition) is 1. The van der Waals surface area contributed by atoms with Gasteiger partial charge in [-0.3, -0.25) is 9.59 Å². The van der Waals surface area contributed by atoms with Crippen LogP contribution in [0.3, 0.4) is 0 Å². The molecule has 0 aliphatic carbocycles. The van der Waals surface area contributed by atoms with Crippen LogP contribution in [0.4, 0.5) is 9.59 Å². The molecule has 0 amide bonds. The first-order valence-corrected chi connectivity index (χ1v) is 13.6. The van der Waals surface area contributed by atoms with Crippen molar-refractivity contribution >= 4 is 24.2 Å². The van der Waals surface area contributed by atoms with Gasteiger partial charge in [-0.15, -0.1) is 0 Å². The van der Waals surface area contributed by atoms with Crippen molar-refractivity contribution in [2.24, 2.45) is 28.4 Å². The molecule has 0 saturated carbocycles. The third-order valence-corrected chi connectivity index (χ3v) is 5.92. The number of carbonyl (C=O) groups is 4. The van der Waals surface area contributed by atoms with Crippen LogP contribution in [-0.4, -0.2) is 56.7 Å². The maximum atomic E-state index is 12.7. The zero-order valence-electron chi connectivity index (χ0n) is 26.1. The summed E-state index contributed by atoms with van der Waals surface area (Å²) >= 11 is 0. The molecule has 1 aromatic rings. The molecule has 11 nitrogen and oxygen atoms in total. The van der Waals surface area contributed by atoms with Crippen molar-refractivity contribution in [2.75, 3.05) is 26.9 Å². The minimum Gasteiger partial charge on any atom is -0.468 e. The molecule has 41 heavy (non-hydrogen) atoms. The predicted octanol–water partition coefficient (Wildman–Crippen LogP) is 5.45. The Bertz CT molecular complexity index is 1050. The summed E-state index contributed by atoms with van der Waals surface area (Å²) < 4.78 is 31.3. The van der Waals surface area contributed by atoms with Gasteiger partial charge in [0.05, 0.1) is 32.8 Å². The fraction of sp³-hybridized carbons (Fsp3) is 0.667. The Hall–Kier alpha value is -3.34. The Morgan fingerprint density at radius 3 is 1.78 bits per heavy atom. The van der Waals surface area contributed by atoms with Crippen LogP contribution in [-0.2, 0) is 35.0 Å². The van der Waals surface area contributed by atoms with E-state index >= 15 is 0 Å². The Morgan fingerprint density at radius 1 is 0.805 bits per heavy atom. The van der Waals surface area contributed by atoms with Crippen molar-refractivity contribution in [3.63, 3.8) is 0 Å². The van der Waals surface area contributed by atoms with Crippen LogP contribution >= 0.6 is 0 Å². The molecule has 0 radical (unpaired) electrons. The number of nitrogens with two attached hydrogens (primary N) is 1. The van der Waals surface area contributed by atoms with E-state index in [1.807, 2.05) is 55.4 Å². The van der Waals surface area contributed by atoms with Crippen LogP contribution in [0.25, 0.3) is 0 Å². The van der Waals surface area contributed by atoms with E-state index in [1.165, 1.54) is 19.2 Å². The highest BCUT2D eigenvalue weighted by Gasteiger charge is 2.36. The summed E-state index contributed by atoms with van der Waals surface area (Å²) in [5.41, 5.74) is 4.72. The molecule has 1 unspecified atom stereocenters. The van der Waals surface area contributed by atoms with Crippen LogP contribution in [0.2, 0.25) is 0 Å². The topological polar surface area (TPSA) is 150 Å². The average molecular weight is 582 g/mol. The van der Waals surface area contributed by atoms with Crippen LogP contribution in [0, 0.1) is 22.7 Å². The maximum absolute atomic E-state index is 12.7. The molecule has 0 saturated heterocycles. The quantitative estimate of drug-likeness (QED) is 0.191. The second kappa shape index (κ2) is 15.0. The first-order chi connectivity index (χ1) is 18.8. The van der Waals surface area contributed by atoms with Crippen LogP contribution in [0.15, 0.2) is 18.2 Å². The standard InChI is InChI=1S/C30H47NO10/c1-19(2)20(3)24(32)37-14-13-30(31,25(33)36-10)16-21-11-12-22(40-26(34)38-17-28(4,5)6)23(15-21)41-27(35)39-18-29(7,8)9/h11-12,15,19-20H,13-14,16-18,31H2,1-10H3/t20-,30?/m0/s1. The van der Waals surface area contributed by atoms with E-state index in [1.54, 1.807) is 13.0 Å². The minimum absolute atomic E-state index is 0.0303. The van der Waals surface area contributed by atoms with Gasteiger partial charge in [-0.25, -0.2) is 9.59 Å². The first-order valence-electron chi connectivity index (χ1n) is 13.6. The molecular weight excluding hydrogens is 534 g/mol. The maximum Gasteiger partial charge on any atom is 0.513 e. The van der Waals surface area contributed by atoms with Gasteiger partial charge in [-0.05, 0) is 34.4 Å². The number of ether oxygens (including phenoxy) is 6.